The summed E-state index contributed by atoms with van der Waals surface area (Å²) in [5.74, 6) is 4.17. The second kappa shape index (κ2) is 10.1. The van der Waals surface area contributed by atoms with Crippen molar-refractivity contribution in [3.63, 3.8) is 0 Å². The number of ether oxygens (including phenoxy) is 1. The molecule has 2 aliphatic carbocycles. The van der Waals surface area contributed by atoms with Crippen LogP contribution in [0.5, 0.6) is 5.75 Å². The molecule has 0 radical (unpaired) electrons. The van der Waals surface area contributed by atoms with Gasteiger partial charge in [0.05, 0.1) is 6.61 Å². The molecule has 0 atom stereocenters. The van der Waals surface area contributed by atoms with Crippen LogP contribution >= 0.6 is 0 Å². The molecule has 144 valence electrons. The molecular weight excluding hydrogens is 323 g/mol. The topological polar surface area (TPSA) is 9.23 Å². The minimum atomic E-state index is -0.201. The monoisotopic (exact) mass is 358 g/mol. The van der Waals surface area contributed by atoms with Crippen molar-refractivity contribution in [2.75, 3.05) is 6.61 Å². The van der Waals surface area contributed by atoms with E-state index in [1.54, 1.807) is 12.1 Å². The minimum Gasteiger partial charge on any atom is -0.493 e. The summed E-state index contributed by atoms with van der Waals surface area (Å²) < 4.78 is 18.8. The number of benzene rings is 1. The molecule has 1 aromatic carbocycles. The van der Waals surface area contributed by atoms with E-state index >= 15 is 0 Å². The molecule has 2 heteroatoms. The van der Waals surface area contributed by atoms with Crippen LogP contribution in [0.3, 0.4) is 0 Å². The molecule has 3 rings (SSSR count). The van der Waals surface area contributed by atoms with E-state index in [-0.39, 0.29) is 5.82 Å². The smallest absolute Gasteiger partial charge is 0.123 e. The Morgan fingerprint density at radius 1 is 0.885 bits per heavy atom. The van der Waals surface area contributed by atoms with Crippen molar-refractivity contribution in [1.29, 1.82) is 0 Å². The first-order chi connectivity index (χ1) is 12.7. The Labute approximate surface area is 159 Å². The average molecular weight is 359 g/mol. The highest BCUT2D eigenvalue weighted by atomic mass is 19.1. The van der Waals surface area contributed by atoms with Gasteiger partial charge in [-0.25, -0.2) is 4.39 Å². The van der Waals surface area contributed by atoms with Gasteiger partial charge in [0.15, 0.2) is 0 Å². The Morgan fingerprint density at radius 3 is 2.04 bits per heavy atom. The van der Waals surface area contributed by atoms with Gasteiger partial charge in [-0.05, 0) is 99.3 Å². The van der Waals surface area contributed by atoms with E-state index in [0.29, 0.717) is 5.92 Å². The second-order valence-electron chi connectivity index (χ2n) is 8.55. The van der Waals surface area contributed by atoms with Crippen molar-refractivity contribution in [2.24, 2.45) is 23.7 Å². The standard InChI is InChI=1S/C24H35FO/c1-2-3-4-5-19-6-10-21(11-7-19)22-12-8-20(9-13-22)18-26-24-16-14-23(25)15-17-24/h2,14-17,19-22H,1,3-13,18H2. The molecule has 0 amide bonds. The van der Waals surface area contributed by atoms with E-state index in [0.717, 1.165) is 30.1 Å². The molecule has 1 nitrogen and oxygen atoms in total. The summed E-state index contributed by atoms with van der Waals surface area (Å²) in [7, 11) is 0. The maximum Gasteiger partial charge on any atom is 0.123 e. The first-order valence-corrected chi connectivity index (χ1v) is 10.7. The van der Waals surface area contributed by atoms with Crippen LogP contribution in [0.4, 0.5) is 4.39 Å². The van der Waals surface area contributed by atoms with Gasteiger partial charge in [0.1, 0.15) is 11.6 Å². The van der Waals surface area contributed by atoms with Gasteiger partial charge in [-0.3, -0.25) is 0 Å². The van der Waals surface area contributed by atoms with Crippen LogP contribution in [0, 0.1) is 29.5 Å². The highest BCUT2D eigenvalue weighted by Gasteiger charge is 2.30. The fourth-order valence-electron chi connectivity index (χ4n) is 5.07. The molecule has 0 aliphatic heterocycles. The summed E-state index contributed by atoms with van der Waals surface area (Å²) >= 11 is 0. The minimum absolute atomic E-state index is 0.201. The molecule has 2 saturated carbocycles. The average Bonchev–Trinajstić information content (AvgIpc) is 2.69. The third-order valence-corrected chi connectivity index (χ3v) is 6.77. The normalized spacial score (nSPS) is 29.3. The lowest BCUT2D eigenvalue weighted by Gasteiger charge is -2.37. The van der Waals surface area contributed by atoms with E-state index in [9.17, 15) is 4.39 Å². The zero-order valence-electron chi connectivity index (χ0n) is 16.2. The molecule has 0 N–H and O–H groups in total. The number of hydrogen-bond acceptors (Lipinski definition) is 1. The van der Waals surface area contributed by atoms with Gasteiger partial charge in [0.2, 0.25) is 0 Å². The molecular formula is C24H35FO. The molecule has 2 fully saturated rings. The zero-order chi connectivity index (χ0) is 18.2. The molecule has 26 heavy (non-hydrogen) atoms. The maximum absolute atomic E-state index is 12.9. The molecule has 0 spiro atoms. The van der Waals surface area contributed by atoms with Crippen LogP contribution in [0.25, 0.3) is 0 Å². The summed E-state index contributed by atoms with van der Waals surface area (Å²) in [6.45, 7) is 4.62. The Kier molecular flexibility index (Phi) is 7.58. The second-order valence-corrected chi connectivity index (χ2v) is 8.55. The SMILES string of the molecule is C=CCCCC1CCC(C2CCC(COc3ccc(F)cc3)CC2)CC1. The summed E-state index contributed by atoms with van der Waals surface area (Å²) in [4.78, 5) is 0. The van der Waals surface area contributed by atoms with Gasteiger partial charge < -0.3 is 4.74 Å². The lowest BCUT2D eigenvalue weighted by Crippen LogP contribution is -2.27. The summed E-state index contributed by atoms with van der Waals surface area (Å²) in [6.07, 6.45) is 17.2. The predicted molar refractivity (Wildman–Crippen MR) is 107 cm³/mol. The fraction of sp³-hybridized carbons (Fsp3) is 0.667. The number of rotatable bonds is 8. The zero-order valence-corrected chi connectivity index (χ0v) is 16.2. The first-order valence-electron chi connectivity index (χ1n) is 10.7. The Balaban J connectivity index is 1.32. The van der Waals surface area contributed by atoms with Gasteiger partial charge in [0.25, 0.3) is 0 Å². The van der Waals surface area contributed by atoms with Crippen LogP contribution in [0.15, 0.2) is 36.9 Å². The lowest BCUT2D eigenvalue weighted by atomic mass is 9.69. The molecule has 0 heterocycles. The number of hydrogen-bond donors (Lipinski definition) is 0. The molecule has 0 saturated heterocycles. The lowest BCUT2D eigenvalue weighted by molar-refractivity contribution is 0.121. The summed E-state index contributed by atoms with van der Waals surface area (Å²) in [6, 6.07) is 6.41. The number of unbranched alkanes of at least 4 members (excludes halogenated alkanes) is 1. The first kappa shape index (κ1) is 19.5. The van der Waals surface area contributed by atoms with Crippen molar-refractivity contribution >= 4 is 0 Å². The van der Waals surface area contributed by atoms with Crippen molar-refractivity contribution in [1.82, 2.24) is 0 Å². The van der Waals surface area contributed by atoms with Gasteiger partial charge in [-0.1, -0.05) is 25.3 Å². The molecule has 0 unspecified atom stereocenters. The molecule has 2 aliphatic rings. The van der Waals surface area contributed by atoms with Crippen molar-refractivity contribution in [3.8, 4) is 5.75 Å². The van der Waals surface area contributed by atoms with E-state index < -0.39 is 0 Å². The third-order valence-electron chi connectivity index (χ3n) is 6.77. The van der Waals surface area contributed by atoms with Gasteiger partial charge >= 0.3 is 0 Å². The highest BCUT2D eigenvalue weighted by molar-refractivity contribution is 5.22. The van der Waals surface area contributed by atoms with Gasteiger partial charge in [0, 0.05) is 0 Å². The van der Waals surface area contributed by atoms with Gasteiger partial charge in [-0.2, -0.15) is 0 Å². The third kappa shape index (κ3) is 5.86. The molecule has 0 aromatic heterocycles. The number of halogens is 1. The van der Waals surface area contributed by atoms with Crippen LogP contribution in [-0.4, -0.2) is 6.61 Å². The summed E-state index contributed by atoms with van der Waals surface area (Å²) in [5.41, 5.74) is 0. The Bertz CT molecular complexity index is 522. The van der Waals surface area contributed by atoms with Crippen LogP contribution in [-0.2, 0) is 0 Å². The summed E-state index contributed by atoms with van der Waals surface area (Å²) in [5, 5.41) is 0. The van der Waals surface area contributed by atoms with Gasteiger partial charge in [-0.15, -0.1) is 6.58 Å². The van der Waals surface area contributed by atoms with Crippen LogP contribution in [0.1, 0.15) is 70.6 Å². The van der Waals surface area contributed by atoms with E-state index in [4.69, 9.17) is 4.74 Å². The number of allylic oxidation sites excluding steroid dienone is 1. The van der Waals surface area contributed by atoms with E-state index in [1.165, 1.54) is 82.8 Å². The molecule has 1 aromatic rings. The predicted octanol–water partition coefficient (Wildman–Crippen LogP) is 7.17. The van der Waals surface area contributed by atoms with E-state index in [1.807, 2.05) is 0 Å². The van der Waals surface area contributed by atoms with Crippen molar-refractivity contribution < 1.29 is 9.13 Å². The van der Waals surface area contributed by atoms with Crippen LogP contribution in [0.2, 0.25) is 0 Å². The Morgan fingerprint density at radius 2 is 1.46 bits per heavy atom. The fourth-order valence-corrected chi connectivity index (χ4v) is 5.07. The quantitative estimate of drug-likeness (QED) is 0.353. The van der Waals surface area contributed by atoms with Crippen molar-refractivity contribution in [2.45, 2.75) is 70.6 Å². The van der Waals surface area contributed by atoms with Crippen LogP contribution < -0.4 is 4.74 Å². The Hall–Kier alpha value is -1.31. The van der Waals surface area contributed by atoms with Crippen molar-refractivity contribution in [3.05, 3.63) is 42.7 Å². The largest absolute Gasteiger partial charge is 0.493 e. The van der Waals surface area contributed by atoms with E-state index in [2.05, 4.69) is 12.7 Å². The highest BCUT2D eigenvalue weighted by Crippen LogP contribution is 2.42. The molecule has 0 bridgehead atoms. The maximum atomic E-state index is 12.9.